The van der Waals surface area contributed by atoms with Crippen molar-refractivity contribution in [3.63, 3.8) is 0 Å². The van der Waals surface area contributed by atoms with Crippen molar-refractivity contribution in [2.24, 2.45) is 0 Å². The Morgan fingerprint density at radius 2 is 1.82 bits per heavy atom. The van der Waals surface area contributed by atoms with Gasteiger partial charge >= 0.3 is 0 Å². The first-order chi connectivity index (χ1) is 16.0. The van der Waals surface area contributed by atoms with Gasteiger partial charge in [-0.2, -0.15) is 0 Å². The van der Waals surface area contributed by atoms with Crippen molar-refractivity contribution in [3.05, 3.63) is 71.1 Å². The molecule has 0 bridgehead atoms. The van der Waals surface area contributed by atoms with E-state index in [1.807, 2.05) is 0 Å². The predicted molar refractivity (Wildman–Crippen MR) is 128 cm³/mol. The number of rotatable bonds is 6. The topological polar surface area (TPSA) is 108 Å². The number of morpholine rings is 1. The summed E-state index contributed by atoms with van der Waals surface area (Å²) >= 11 is 6.43. The number of anilines is 4. The zero-order valence-electron chi connectivity index (χ0n) is 18.0. The fourth-order valence-corrected chi connectivity index (χ4v) is 3.70. The van der Waals surface area contributed by atoms with E-state index in [1.54, 1.807) is 49.8 Å². The summed E-state index contributed by atoms with van der Waals surface area (Å²) < 4.78 is 5.38. The number of hydrogen-bond donors (Lipinski definition) is 3. The van der Waals surface area contributed by atoms with Gasteiger partial charge in [0, 0.05) is 43.8 Å². The molecule has 2 aromatic heterocycles. The Balaban J connectivity index is 1.56. The minimum atomic E-state index is -0.417. The number of nitrogens with zero attached hydrogens (tertiary/aromatic N) is 3. The fourth-order valence-electron chi connectivity index (χ4n) is 3.41. The number of aromatic nitrogens is 2. The standard InChI is InChI=1S/C23H23ClN6O3/c1-25-19-13-17(12-18(21(19)24)23(32)28-16-3-2-5-26-14-16)29-22(31)15-4-6-27-20(11-15)30-7-9-33-10-8-30/h2-6,11-14,25H,7-10H2,1H3,(H,28,32)(H,29,31). The second-order valence-corrected chi connectivity index (χ2v) is 7.67. The van der Waals surface area contributed by atoms with Crippen LogP contribution in [0.1, 0.15) is 20.7 Å². The number of pyridine rings is 2. The Morgan fingerprint density at radius 3 is 2.55 bits per heavy atom. The van der Waals surface area contributed by atoms with Crippen LogP contribution < -0.4 is 20.9 Å². The van der Waals surface area contributed by atoms with Gasteiger partial charge in [-0.15, -0.1) is 0 Å². The van der Waals surface area contributed by atoms with Gasteiger partial charge in [-0.1, -0.05) is 11.6 Å². The predicted octanol–water partition coefficient (Wildman–Crippen LogP) is 3.51. The van der Waals surface area contributed by atoms with Crippen molar-refractivity contribution in [3.8, 4) is 0 Å². The van der Waals surface area contributed by atoms with Crippen LogP contribution in [0.2, 0.25) is 5.02 Å². The smallest absolute Gasteiger partial charge is 0.257 e. The molecule has 0 unspecified atom stereocenters. The Hall–Kier alpha value is -3.69. The Morgan fingerprint density at radius 1 is 1.03 bits per heavy atom. The zero-order chi connectivity index (χ0) is 23.2. The summed E-state index contributed by atoms with van der Waals surface area (Å²) in [5, 5.41) is 8.81. The minimum Gasteiger partial charge on any atom is -0.387 e. The average Bonchev–Trinajstić information content (AvgIpc) is 2.86. The third kappa shape index (κ3) is 5.39. The van der Waals surface area contributed by atoms with Crippen LogP contribution >= 0.6 is 11.6 Å². The van der Waals surface area contributed by atoms with E-state index in [2.05, 4.69) is 30.8 Å². The SMILES string of the molecule is CNc1cc(NC(=O)c2ccnc(N3CCOCC3)c2)cc(C(=O)Nc2cccnc2)c1Cl. The Bertz CT molecular complexity index is 1150. The normalized spacial score (nSPS) is 13.3. The van der Waals surface area contributed by atoms with Crippen LogP contribution in [-0.4, -0.2) is 55.1 Å². The third-order valence-electron chi connectivity index (χ3n) is 5.11. The number of ether oxygens (including phenoxy) is 1. The molecule has 0 spiro atoms. The van der Waals surface area contributed by atoms with Gasteiger partial charge < -0.3 is 25.6 Å². The average molecular weight is 467 g/mol. The molecular formula is C23H23ClN6O3. The van der Waals surface area contributed by atoms with Crippen LogP contribution in [0.3, 0.4) is 0 Å². The van der Waals surface area contributed by atoms with E-state index in [-0.39, 0.29) is 16.5 Å². The molecule has 0 atom stereocenters. The fraction of sp³-hybridized carbons (Fsp3) is 0.217. The van der Waals surface area contributed by atoms with Crippen molar-refractivity contribution < 1.29 is 14.3 Å². The van der Waals surface area contributed by atoms with Crippen molar-refractivity contribution in [2.75, 3.05) is 54.2 Å². The molecular weight excluding hydrogens is 444 g/mol. The van der Waals surface area contributed by atoms with E-state index in [0.29, 0.717) is 35.8 Å². The highest BCUT2D eigenvalue weighted by atomic mass is 35.5. The number of amides is 2. The molecule has 3 heterocycles. The maximum absolute atomic E-state index is 13.0. The molecule has 3 N–H and O–H groups in total. The monoisotopic (exact) mass is 466 g/mol. The molecule has 2 amide bonds. The summed E-state index contributed by atoms with van der Waals surface area (Å²) in [6.45, 7) is 2.69. The van der Waals surface area contributed by atoms with Crippen LogP contribution in [0, 0.1) is 0 Å². The molecule has 0 saturated carbocycles. The van der Waals surface area contributed by atoms with Gasteiger partial charge in [-0.05, 0) is 36.4 Å². The van der Waals surface area contributed by atoms with Crippen molar-refractivity contribution in [1.82, 2.24) is 9.97 Å². The largest absolute Gasteiger partial charge is 0.387 e. The molecule has 0 radical (unpaired) electrons. The molecule has 0 aliphatic carbocycles. The summed E-state index contributed by atoms with van der Waals surface area (Å²) in [5.74, 6) is -0.0245. The van der Waals surface area contributed by atoms with Gasteiger partial charge in [0.25, 0.3) is 11.8 Å². The van der Waals surface area contributed by atoms with Crippen LogP contribution in [0.4, 0.5) is 22.9 Å². The lowest BCUT2D eigenvalue weighted by Gasteiger charge is -2.27. The van der Waals surface area contributed by atoms with Crippen LogP contribution in [0.5, 0.6) is 0 Å². The summed E-state index contributed by atoms with van der Waals surface area (Å²) in [5.41, 5.74) is 2.14. The highest BCUT2D eigenvalue weighted by Crippen LogP contribution is 2.31. The number of nitrogens with one attached hydrogen (secondary N) is 3. The van der Waals surface area contributed by atoms with Crippen molar-refractivity contribution >= 4 is 46.3 Å². The maximum Gasteiger partial charge on any atom is 0.257 e. The zero-order valence-corrected chi connectivity index (χ0v) is 18.7. The van der Waals surface area contributed by atoms with E-state index in [9.17, 15) is 9.59 Å². The number of carbonyl (C=O) groups is 2. The molecule has 1 fully saturated rings. The molecule has 1 saturated heterocycles. The second-order valence-electron chi connectivity index (χ2n) is 7.29. The minimum absolute atomic E-state index is 0.214. The van der Waals surface area contributed by atoms with Gasteiger partial charge in [0.05, 0.1) is 41.4 Å². The van der Waals surface area contributed by atoms with E-state index >= 15 is 0 Å². The Kier molecular flexibility index (Phi) is 7.01. The molecule has 1 aliphatic rings. The first kappa shape index (κ1) is 22.5. The maximum atomic E-state index is 13.0. The van der Waals surface area contributed by atoms with E-state index in [1.165, 1.54) is 12.3 Å². The molecule has 170 valence electrons. The molecule has 1 aliphatic heterocycles. The molecule has 4 rings (SSSR count). The number of carbonyl (C=O) groups excluding carboxylic acids is 2. The first-order valence-corrected chi connectivity index (χ1v) is 10.8. The van der Waals surface area contributed by atoms with Crippen molar-refractivity contribution in [2.45, 2.75) is 0 Å². The van der Waals surface area contributed by atoms with Crippen molar-refractivity contribution in [1.29, 1.82) is 0 Å². The summed E-state index contributed by atoms with van der Waals surface area (Å²) in [4.78, 5) is 36.2. The second kappa shape index (κ2) is 10.3. The quantitative estimate of drug-likeness (QED) is 0.510. The third-order valence-corrected chi connectivity index (χ3v) is 5.51. The van der Waals surface area contributed by atoms with Crippen LogP contribution in [0.15, 0.2) is 55.0 Å². The lowest BCUT2D eigenvalue weighted by molar-refractivity contribution is 0.101. The molecule has 3 aromatic rings. The lowest BCUT2D eigenvalue weighted by Crippen LogP contribution is -2.36. The molecule has 33 heavy (non-hydrogen) atoms. The summed E-state index contributed by atoms with van der Waals surface area (Å²) in [6, 6.07) is 10.0. The van der Waals surface area contributed by atoms with Gasteiger partial charge in [0.1, 0.15) is 5.82 Å². The Labute approximate surface area is 196 Å². The van der Waals surface area contributed by atoms with Crippen LogP contribution in [0.25, 0.3) is 0 Å². The highest BCUT2D eigenvalue weighted by Gasteiger charge is 2.18. The summed E-state index contributed by atoms with van der Waals surface area (Å²) in [7, 11) is 1.69. The number of benzene rings is 1. The van der Waals surface area contributed by atoms with Gasteiger partial charge in [0.2, 0.25) is 0 Å². The van der Waals surface area contributed by atoms with Gasteiger partial charge in [-0.3, -0.25) is 14.6 Å². The molecule has 9 nitrogen and oxygen atoms in total. The summed E-state index contributed by atoms with van der Waals surface area (Å²) in [6.07, 6.45) is 4.75. The number of halogens is 1. The van der Waals surface area contributed by atoms with E-state index < -0.39 is 5.91 Å². The number of hydrogen-bond acceptors (Lipinski definition) is 7. The first-order valence-electron chi connectivity index (χ1n) is 10.4. The highest BCUT2D eigenvalue weighted by molar-refractivity contribution is 6.37. The van der Waals surface area contributed by atoms with Gasteiger partial charge in [0.15, 0.2) is 0 Å². The van der Waals surface area contributed by atoms with E-state index in [4.69, 9.17) is 16.3 Å². The molecule has 1 aromatic carbocycles. The lowest BCUT2D eigenvalue weighted by atomic mass is 10.1. The van der Waals surface area contributed by atoms with Crippen LogP contribution in [-0.2, 0) is 4.74 Å². The molecule has 10 heteroatoms. The van der Waals surface area contributed by atoms with Gasteiger partial charge in [-0.25, -0.2) is 4.98 Å². The van der Waals surface area contributed by atoms with E-state index in [0.717, 1.165) is 18.9 Å².